The molecular formula is C10H14FNS. The second-order valence-electron chi connectivity index (χ2n) is 3.79. The first-order chi connectivity index (χ1) is 6.16. The van der Waals surface area contributed by atoms with Crippen molar-refractivity contribution in [2.24, 2.45) is 11.7 Å². The Kier molecular flexibility index (Phi) is 2.16. The third-order valence-electron chi connectivity index (χ3n) is 2.73. The Morgan fingerprint density at radius 1 is 1.69 bits per heavy atom. The van der Waals surface area contributed by atoms with E-state index in [2.05, 4.69) is 0 Å². The minimum absolute atomic E-state index is 0.119. The van der Waals surface area contributed by atoms with Crippen LogP contribution in [0.25, 0.3) is 0 Å². The molecule has 0 saturated heterocycles. The summed E-state index contributed by atoms with van der Waals surface area (Å²) >= 11 is 1.60. The number of nitrogens with two attached hydrogens (primary N) is 1. The zero-order chi connectivity index (χ0) is 9.47. The van der Waals surface area contributed by atoms with Crippen molar-refractivity contribution in [3.63, 3.8) is 0 Å². The number of aryl methyl sites for hydroxylation is 1. The largest absolute Gasteiger partial charge is 0.327 e. The Bertz CT molecular complexity index is 306. The molecule has 1 aliphatic rings. The fourth-order valence-electron chi connectivity index (χ4n) is 1.72. The minimum atomic E-state index is -1.25. The number of hydrogen-bond acceptors (Lipinski definition) is 2. The van der Waals surface area contributed by atoms with E-state index in [4.69, 9.17) is 5.73 Å². The fourth-order valence-corrected chi connectivity index (χ4v) is 2.49. The van der Waals surface area contributed by atoms with E-state index in [0.29, 0.717) is 0 Å². The molecule has 1 unspecified atom stereocenters. The van der Waals surface area contributed by atoms with Crippen LogP contribution in [0.3, 0.4) is 0 Å². The number of alkyl halides is 1. The molecule has 72 valence electrons. The first-order valence-corrected chi connectivity index (χ1v) is 5.49. The van der Waals surface area contributed by atoms with Gasteiger partial charge in [0.15, 0.2) is 5.67 Å². The molecule has 2 rings (SSSR count). The van der Waals surface area contributed by atoms with Crippen LogP contribution in [0.4, 0.5) is 4.39 Å². The topological polar surface area (TPSA) is 26.0 Å². The number of rotatable bonds is 3. The number of hydrogen-bond donors (Lipinski definition) is 1. The highest BCUT2D eigenvalue weighted by Gasteiger charge is 2.46. The average Bonchev–Trinajstić information content (AvgIpc) is 2.89. The molecule has 0 bridgehead atoms. The molecule has 0 spiro atoms. The molecule has 1 heterocycles. The summed E-state index contributed by atoms with van der Waals surface area (Å²) in [7, 11) is 0. The van der Waals surface area contributed by atoms with E-state index in [-0.39, 0.29) is 12.5 Å². The second-order valence-corrected chi connectivity index (χ2v) is 4.90. The van der Waals surface area contributed by atoms with Gasteiger partial charge in [-0.1, -0.05) is 0 Å². The maximum Gasteiger partial charge on any atom is 0.151 e. The van der Waals surface area contributed by atoms with E-state index in [1.165, 1.54) is 0 Å². The normalized spacial score (nSPS) is 21.5. The summed E-state index contributed by atoms with van der Waals surface area (Å²) in [6.45, 7) is 2.12. The van der Waals surface area contributed by atoms with Gasteiger partial charge in [-0.05, 0) is 37.1 Å². The van der Waals surface area contributed by atoms with Crippen LogP contribution >= 0.6 is 11.3 Å². The lowest BCUT2D eigenvalue weighted by molar-refractivity contribution is 0.143. The van der Waals surface area contributed by atoms with Crippen LogP contribution in [-0.2, 0) is 5.67 Å². The highest BCUT2D eigenvalue weighted by molar-refractivity contribution is 7.10. The maximum absolute atomic E-state index is 14.3. The molecule has 1 aliphatic carbocycles. The monoisotopic (exact) mass is 199 g/mol. The third kappa shape index (κ3) is 1.51. The third-order valence-corrected chi connectivity index (χ3v) is 3.59. The SMILES string of the molecule is Cc1cc(C(F)(CN)C2CC2)cs1. The van der Waals surface area contributed by atoms with Crippen LogP contribution in [0.2, 0.25) is 0 Å². The van der Waals surface area contributed by atoms with Crippen molar-refractivity contribution in [1.29, 1.82) is 0 Å². The molecule has 0 radical (unpaired) electrons. The van der Waals surface area contributed by atoms with Gasteiger partial charge in [-0.15, -0.1) is 11.3 Å². The van der Waals surface area contributed by atoms with E-state index >= 15 is 0 Å². The van der Waals surface area contributed by atoms with Crippen LogP contribution < -0.4 is 5.73 Å². The Labute approximate surface area is 81.8 Å². The Morgan fingerprint density at radius 2 is 2.38 bits per heavy atom. The fraction of sp³-hybridized carbons (Fsp3) is 0.600. The zero-order valence-electron chi connectivity index (χ0n) is 7.72. The van der Waals surface area contributed by atoms with E-state index in [9.17, 15) is 4.39 Å². The molecule has 1 atom stereocenters. The summed E-state index contributed by atoms with van der Waals surface area (Å²) < 4.78 is 14.3. The van der Waals surface area contributed by atoms with Crippen molar-refractivity contribution in [1.82, 2.24) is 0 Å². The van der Waals surface area contributed by atoms with Crippen molar-refractivity contribution in [2.75, 3.05) is 6.54 Å². The second kappa shape index (κ2) is 3.07. The molecular weight excluding hydrogens is 185 g/mol. The molecule has 0 aromatic carbocycles. The van der Waals surface area contributed by atoms with Crippen molar-refractivity contribution >= 4 is 11.3 Å². The molecule has 1 nitrogen and oxygen atoms in total. The van der Waals surface area contributed by atoms with Crippen LogP contribution in [-0.4, -0.2) is 6.54 Å². The van der Waals surface area contributed by atoms with Crippen molar-refractivity contribution in [2.45, 2.75) is 25.4 Å². The summed E-state index contributed by atoms with van der Waals surface area (Å²) in [5, 5.41) is 1.90. The summed E-state index contributed by atoms with van der Waals surface area (Å²) in [5.41, 5.74) is 5.07. The standard InChI is InChI=1S/C10H14FNS/c1-7-4-9(5-13-7)10(11,6-12)8-2-3-8/h4-5,8H,2-3,6,12H2,1H3. The predicted octanol–water partition coefficient (Wildman–Crippen LogP) is 2.59. The predicted molar refractivity (Wildman–Crippen MR) is 53.6 cm³/mol. The Balaban J connectivity index is 2.29. The Morgan fingerprint density at radius 3 is 2.77 bits per heavy atom. The summed E-state index contributed by atoms with van der Waals surface area (Å²) in [6, 6.07) is 1.93. The molecule has 1 fully saturated rings. The number of halogens is 1. The lowest BCUT2D eigenvalue weighted by Crippen LogP contribution is -2.32. The molecule has 1 aromatic rings. The van der Waals surface area contributed by atoms with E-state index in [1.54, 1.807) is 11.3 Å². The van der Waals surface area contributed by atoms with Gasteiger partial charge >= 0.3 is 0 Å². The molecule has 2 N–H and O–H groups in total. The summed E-state index contributed by atoms with van der Waals surface area (Å²) in [6.07, 6.45) is 1.98. The molecule has 3 heteroatoms. The van der Waals surface area contributed by atoms with Gasteiger partial charge in [-0.25, -0.2) is 4.39 Å². The maximum atomic E-state index is 14.3. The first-order valence-electron chi connectivity index (χ1n) is 4.61. The average molecular weight is 199 g/mol. The van der Waals surface area contributed by atoms with Crippen LogP contribution in [0.1, 0.15) is 23.3 Å². The molecule has 1 aromatic heterocycles. The van der Waals surface area contributed by atoms with Gasteiger partial charge in [-0.3, -0.25) is 0 Å². The lowest BCUT2D eigenvalue weighted by Gasteiger charge is -2.22. The van der Waals surface area contributed by atoms with Crippen molar-refractivity contribution in [3.05, 3.63) is 21.9 Å². The van der Waals surface area contributed by atoms with Gasteiger partial charge in [-0.2, -0.15) is 0 Å². The molecule has 0 aliphatic heterocycles. The summed E-state index contributed by atoms with van der Waals surface area (Å²) in [4.78, 5) is 1.16. The van der Waals surface area contributed by atoms with Gasteiger partial charge in [0.2, 0.25) is 0 Å². The van der Waals surface area contributed by atoms with Crippen LogP contribution in [0.5, 0.6) is 0 Å². The van der Waals surface area contributed by atoms with E-state index in [0.717, 1.165) is 23.3 Å². The molecule has 0 amide bonds. The van der Waals surface area contributed by atoms with Gasteiger partial charge in [0.1, 0.15) is 0 Å². The smallest absolute Gasteiger partial charge is 0.151 e. The van der Waals surface area contributed by atoms with Crippen LogP contribution in [0.15, 0.2) is 11.4 Å². The first kappa shape index (κ1) is 9.16. The van der Waals surface area contributed by atoms with Gasteiger partial charge in [0.05, 0.1) is 0 Å². The quantitative estimate of drug-likeness (QED) is 0.795. The Hall–Kier alpha value is -0.410. The molecule has 13 heavy (non-hydrogen) atoms. The minimum Gasteiger partial charge on any atom is -0.327 e. The van der Waals surface area contributed by atoms with E-state index < -0.39 is 5.67 Å². The van der Waals surface area contributed by atoms with Crippen molar-refractivity contribution in [3.8, 4) is 0 Å². The van der Waals surface area contributed by atoms with Crippen LogP contribution in [0, 0.1) is 12.8 Å². The van der Waals surface area contributed by atoms with Gasteiger partial charge in [0.25, 0.3) is 0 Å². The zero-order valence-corrected chi connectivity index (χ0v) is 8.53. The number of thiophene rings is 1. The molecule has 1 saturated carbocycles. The van der Waals surface area contributed by atoms with Gasteiger partial charge in [0, 0.05) is 17.0 Å². The highest BCUT2D eigenvalue weighted by atomic mass is 32.1. The van der Waals surface area contributed by atoms with Crippen molar-refractivity contribution < 1.29 is 4.39 Å². The lowest BCUT2D eigenvalue weighted by atomic mass is 9.93. The highest BCUT2D eigenvalue weighted by Crippen LogP contribution is 2.48. The summed E-state index contributed by atoms with van der Waals surface area (Å²) in [5.74, 6) is 0.173. The van der Waals surface area contributed by atoms with E-state index in [1.807, 2.05) is 18.4 Å². The van der Waals surface area contributed by atoms with Gasteiger partial charge < -0.3 is 5.73 Å².